The maximum absolute atomic E-state index is 4.52. The molecular weight excluding hydrogens is 326 g/mol. The van der Waals surface area contributed by atoms with Crippen LogP contribution in [0.3, 0.4) is 0 Å². The summed E-state index contributed by atoms with van der Waals surface area (Å²) in [5, 5.41) is 0. The van der Waals surface area contributed by atoms with Crippen LogP contribution in [0, 0.1) is 13.8 Å². The fourth-order valence-electron chi connectivity index (χ4n) is 2.55. The normalized spacial score (nSPS) is 10.9. The number of pyridine rings is 2. The Hall–Kier alpha value is -1.94. The molecule has 0 saturated heterocycles. The summed E-state index contributed by atoms with van der Waals surface area (Å²) in [5.41, 5.74) is 6.51. The topological polar surface area (TPSA) is 29.0 Å². The first-order chi connectivity index (χ1) is 10.0. The summed E-state index contributed by atoms with van der Waals surface area (Å²) in [5.74, 6) is 0. The lowest BCUT2D eigenvalue weighted by atomic mass is 10.1. The lowest BCUT2D eigenvalue weighted by Crippen LogP contribution is -2.11. The number of rotatable bonds is 2. The Kier molecular flexibility index (Phi) is 3.64. The van der Waals surface area contributed by atoms with Crippen LogP contribution in [0.5, 0.6) is 0 Å². The van der Waals surface area contributed by atoms with Gasteiger partial charge in [-0.25, -0.2) is 0 Å². The van der Waals surface area contributed by atoms with Gasteiger partial charge in [0.05, 0.1) is 11.2 Å². The van der Waals surface area contributed by atoms with Gasteiger partial charge >= 0.3 is 0 Å². The Morgan fingerprint density at radius 3 is 2.43 bits per heavy atom. The SMILES string of the molecule is Cc1cc(C)cc(N(C)c2ccnc3cc(Br)cnc23)c1. The predicted molar refractivity (Wildman–Crippen MR) is 91.2 cm³/mol. The van der Waals surface area contributed by atoms with Crippen molar-refractivity contribution in [3.63, 3.8) is 0 Å². The lowest BCUT2D eigenvalue weighted by Gasteiger charge is -2.21. The number of benzene rings is 1. The molecule has 4 heteroatoms. The summed E-state index contributed by atoms with van der Waals surface area (Å²) in [6, 6.07) is 10.5. The molecule has 0 N–H and O–H groups in total. The first-order valence-corrected chi connectivity index (χ1v) is 7.56. The van der Waals surface area contributed by atoms with Crippen LogP contribution in [0.1, 0.15) is 11.1 Å². The maximum atomic E-state index is 4.52. The molecule has 3 rings (SSSR count). The summed E-state index contributed by atoms with van der Waals surface area (Å²) in [4.78, 5) is 11.1. The van der Waals surface area contributed by atoms with Gasteiger partial charge in [-0.05, 0) is 65.2 Å². The number of hydrogen-bond donors (Lipinski definition) is 0. The maximum Gasteiger partial charge on any atom is 0.112 e. The molecule has 2 heterocycles. The molecule has 0 bridgehead atoms. The van der Waals surface area contributed by atoms with Crippen molar-refractivity contribution in [2.24, 2.45) is 0 Å². The van der Waals surface area contributed by atoms with Crippen molar-refractivity contribution in [1.29, 1.82) is 0 Å². The lowest BCUT2D eigenvalue weighted by molar-refractivity contribution is 1.18. The molecule has 0 unspecified atom stereocenters. The quantitative estimate of drug-likeness (QED) is 0.671. The zero-order valence-corrected chi connectivity index (χ0v) is 13.8. The van der Waals surface area contributed by atoms with Gasteiger partial charge in [-0.3, -0.25) is 9.97 Å². The Morgan fingerprint density at radius 1 is 1.00 bits per heavy atom. The highest BCUT2D eigenvalue weighted by molar-refractivity contribution is 9.10. The van der Waals surface area contributed by atoms with Crippen molar-refractivity contribution < 1.29 is 0 Å². The van der Waals surface area contributed by atoms with Gasteiger partial charge in [0.15, 0.2) is 0 Å². The van der Waals surface area contributed by atoms with E-state index in [9.17, 15) is 0 Å². The molecule has 21 heavy (non-hydrogen) atoms. The van der Waals surface area contributed by atoms with Gasteiger partial charge in [-0.1, -0.05) is 6.07 Å². The number of halogens is 1. The zero-order chi connectivity index (χ0) is 15.0. The van der Waals surface area contributed by atoms with E-state index in [-0.39, 0.29) is 0 Å². The second kappa shape index (κ2) is 5.45. The third kappa shape index (κ3) is 2.76. The second-order valence-electron chi connectivity index (χ2n) is 5.26. The van der Waals surface area contributed by atoms with E-state index in [2.05, 4.69) is 69.9 Å². The van der Waals surface area contributed by atoms with E-state index in [1.54, 1.807) is 0 Å². The molecule has 0 aliphatic heterocycles. The summed E-state index contributed by atoms with van der Waals surface area (Å²) < 4.78 is 0.939. The van der Waals surface area contributed by atoms with Crippen molar-refractivity contribution in [2.45, 2.75) is 13.8 Å². The predicted octanol–water partition coefficient (Wildman–Crippen LogP) is 4.78. The molecule has 0 atom stereocenters. The second-order valence-corrected chi connectivity index (χ2v) is 6.17. The average Bonchev–Trinajstić information content (AvgIpc) is 2.44. The molecule has 1 aromatic carbocycles. The highest BCUT2D eigenvalue weighted by atomic mass is 79.9. The van der Waals surface area contributed by atoms with Crippen LogP contribution in [0.2, 0.25) is 0 Å². The van der Waals surface area contributed by atoms with Gasteiger partial charge in [-0.2, -0.15) is 0 Å². The molecule has 0 radical (unpaired) electrons. The van der Waals surface area contributed by atoms with Crippen LogP contribution in [0.15, 0.2) is 47.2 Å². The fourth-order valence-corrected chi connectivity index (χ4v) is 2.86. The molecule has 0 saturated carbocycles. The van der Waals surface area contributed by atoms with Gasteiger partial charge in [0.2, 0.25) is 0 Å². The largest absolute Gasteiger partial charge is 0.343 e. The van der Waals surface area contributed by atoms with E-state index in [1.165, 1.54) is 11.1 Å². The Bertz CT molecular complexity index is 794. The molecule has 2 aromatic heterocycles. The smallest absolute Gasteiger partial charge is 0.112 e. The molecule has 0 spiro atoms. The number of anilines is 2. The van der Waals surface area contributed by atoms with Gasteiger partial charge < -0.3 is 4.90 Å². The minimum absolute atomic E-state index is 0.887. The Morgan fingerprint density at radius 2 is 1.71 bits per heavy atom. The monoisotopic (exact) mass is 341 g/mol. The zero-order valence-electron chi connectivity index (χ0n) is 12.3. The third-order valence-electron chi connectivity index (χ3n) is 3.48. The molecular formula is C17H16BrN3. The molecule has 3 nitrogen and oxygen atoms in total. The molecule has 3 aromatic rings. The van der Waals surface area contributed by atoms with Gasteiger partial charge in [0, 0.05) is 29.6 Å². The number of hydrogen-bond acceptors (Lipinski definition) is 3. The first-order valence-electron chi connectivity index (χ1n) is 6.77. The van der Waals surface area contributed by atoms with Gasteiger partial charge in [0.25, 0.3) is 0 Å². The van der Waals surface area contributed by atoms with E-state index in [4.69, 9.17) is 0 Å². The standard InChI is InChI=1S/C17H16BrN3/c1-11-6-12(2)8-14(7-11)21(3)16-4-5-19-15-9-13(18)10-20-17(15)16/h4-10H,1-3H3. The molecule has 0 fully saturated rings. The minimum Gasteiger partial charge on any atom is -0.343 e. The minimum atomic E-state index is 0.887. The van der Waals surface area contributed by atoms with E-state index < -0.39 is 0 Å². The van der Waals surface area contributed by atoms with Gasteiger partial charge in [-0.15, -0.1) is 0 Å². The fraction of sp³-hybridized carbons (Fsp3) is 0.176. The van der Waals surface area contributed by atoms with E-state index in [0.717, 1.165) is 26.9 Å². The molecule has 106 valence electrons. The number of aromatic nitrogens is 2. The highest BCUT2D eigenvalue weighted by Gasteiger charge is 2.11. The Balaban J connectivity index is 2.15. The number of nitrogens with zero attached hydrogens (tertiary/aromatic N) is 3. The van der Waals surface area contributed by atoms with Crippen LogP contribution in [-0.2, 0) is 0 Å². The first kappa shape index (κ1) is 14.0. The van der Waals surface area contributed by atoms with E-state index in [0.29, 0.717) is 0 Å². The van der Waals surface area contributed by atoms with Gasteiger partial charge in [0.1, 0.15) is 5.52 Å². The number of fused-ring (bicyclic) bond motifs is 1. The van der Waals surface area contributed by atoms with Crippen molar-refractivity contribution in [3.8, 4) is 0 Å². The summed E-state index contributed by atoms with van der Waals surface area (Å²) >= 11 is 3.44. The molecule has 0 amide bonds. The van der Waals surface area contributed by atoms with E-state index in [1.807, 2.05) is 24.5 Å². The van der Waals surface area contributed by atoms with Crippen LogP contribution >= 0.6 is 15.9 Å². The average molecular weight is 342 g/mol. The summed E-state index contributed by atoms with van der Waals surface area (Å²) in [7, 11) is 2.06. The van der Waals surface area contributed by atoms with E-state index >= 15 is 0 Å². The number of aryl methyl sites for hydroxylation is 2. The summed E-state index contributed by atoms with van der Waals surface area (Å²) in [6.07, 6.45) is 3.63. The molecule has 0 aliphatic carbocycles. The van der Waals surface area contributed by atoms with Crippen molar-refractivity contribution >= 4 is 38.3 Å². The van der Waals surface area contributed by atoms with Crippen molar-refractivity contribution in [2.75, 3.05) is 11.9 Å². The third-order valence-corrected chi connectivity index (χ3v) is 3.91. The van der Waals surface area contributed by atoms with Crippen molar-refractivity contribution in [3.05, 3.63) is 58.3 Å². The van der Waals surface area contributed by atoms with Crippen LogP contribution in [0.4, 0.5) is 11.4 Å². The van der Waals surface area contributed by atoms with Crippen molar-refractivity contribution in [1.82, 2.24) is 9.97 Å². The van der Waals surface area contributed by atoms with Crippen LogP contribution in [-0.4, -0.2) is 17.0 Å². The van der Waals surface area contributed by atoms with Crippen LogP contribution < -0.4 is 4.90 Å². The highest BCUT2D eigenvalue weighted by Crippen LogP contribution is 2.30. The summed E-state index contributed by atoms with van der Waals surface area (Å²) in [6.45, 7) is 4.23. The van der Waals surface area contributed by atoms with Crippen LogP contribution in [0.25, 0.3) is 11.0 Å². The molecule has 0 aliphatic rings. The Labute approximate surface area is 132 Å².